The van der Waals surface area contributed by atoms with Crippen LogP contribution in [0.4, 0.5) is 0 Å². The van der Waals surface area contributed by atoms with Crippen LogP contribution in [0.15, 0.2) is 11.8 Å². The molecule has 0 aliphatic heterocycles. The van der Waals surface area contributed by atoms with Crippen LogP contribution in [0.3, 0.4) is 0 Å². The minimum Gasteiger partial charge on any atom is -0.480 e. The van der Waals surface area contributed by atoms with E-state index in [0.29, 0.717) is 0 Å². The molecule has 0 bridgehead atoms. The number of carbonyl (C=O) groups is 3. The topological polar surface area (TPSA) is 129 Å². The number of hydrogen-bond donors (Lipinski definition) is 3. The van der Waals surface area contributed by atoms with E-state index in [0.717, 1.165) is 6.20 Å². The third kappa shape index (κ3) is 7.57. The van der Waals surface area contributed by atoms with Crippen molar-refractivity contribution in [3.05, 3.63) is 11.8 Å². The van der Waals surface area contributed by atoms with Gasteiger partial charge in [0.2, 0.25) is 0 Å². The molecule has 0 rings (SSSR count). The molecule has 0 aliphatic carbocycles. The number of hydrogen-bond acceptors (Lipinski definition) is 6. The summed E-state index contributed by atoms with van der Waals surface area (Å²) in [5, 5.41) is 22.6. The van der Waals surface area contributed by atoms with Crippen molar-refractivity contribution >= 4 is 17.8 Å². The first-order chi connectivity index (χ1) is 9.81. The van der Waals surface area contributed by atoms with Gasteiger partial charge in [-0.3, -0.25) is 9.59 Å². The molecule has 21 heavy (non-hydrogen) atoms. The van der Waals surface area contributed by atoms with E-state index < -0.39 is 23.9 Å². The molecule has 116 valence electrons. The Morgan fingerprint density at radius 1 is 1.38 bits per heavy atom. The molecule has 0 saturated carbocycles. The Morgan fingerprint density at radius 2 is 2.00 bits per heavy atom. The number of aliphatic carboxylic acids is 1. The normalized spacial score (nSPS) is 12.2. The first-order valence-electron chi connectivity index (χ1n) is 6.25. The van der Waals surface area contributed by atoms with Gasteiger partial charge in [-0.15, -0.1) is 0 Å². The molecule has 0 aliphatic rings. The van der Waals surface area contributed by atoms with Gasteiger partial charge in [0, 0.05) is 6.20 Å². The zero-order valence-corrected chi connectivity index (χ0v) is 12.2. The number of carbonyl (C=O) groups excluding carboxylic acids is 2. The molecular formula is C13H19N3O5. The predicted octanol–water partition coefficient (Wildman–Crippen LogP) is -0.228. The molecule has 0 saturated heterocycles. The number of ether oxygens (including phenoxy) is 1. The molecule has 1 unspecified atom stereocenters. The van der Waals surface area contributed by atoms with E-state index in [9.17, 15) is 14.4 Å². The van der Waals surface area contributed by atoms with Crippen molar-refractivity contribution in [1.82, 2.24) is 10.6 Å². The van der Waals surface area contributed by atoms with E-state index in [1.807, 2.05) is 13.8 Å². The summed E-state index contributed by atoms with van der Waals surface area (Å²) >= 11 is 0. The molecule has 0 fully saturated rings. The van der Waals surface area contributed by atoms with Gasteiger partial charge in [-0.25, -0.2) is 4.79 Å². The lowest BCUT2D eigenvalue weighted by atomic mass is 10.0. The Morgan fingerprint density at radius 3 is 2.43 bits per heavy atom. The quantitative estimate of drug-likeness (QED) is 0.320. The molecule has 1 amide bonds. The van der Waals surface area contributed by atoms with Crippen LogP contribution in [0.1, 0.15) is 20.3 Å². The molecule has 0 aromatic carbocycles. The van der Waals surface area contributed by atoms with Gasteiger partial charge in [0.05, 0.1) is 7.11 Å². The number of nitrogens with one attached hydrogen (secondary N) is 2. The molecule has 8 heteroatoms. The highest BCUT2D eigenvalue weighted by molar-refractivity contribution is 5.99. The predicted molar refractivity (Wildman–Crippen MR) is 72.7 cm³/mol. The third-order valence-corrected chi connectivity index (χ3v) is 2.40. The molecule has 0 aromatic rings. The van der Waals surface area contributed by atoms with Gasteiger partial charge in [-0.1, -0.05) is 13.8 Å². The highest BCUT2D eigenvalue weighted by Gasteiger charge is 2.22. The van der Waals surface area contributed by atoms with Crippen LogP contribution in [0.2, 0.25) is 0 Å². The van der Waals surface area contributed by atoms with Crippen LogP contribution in [0.5, 0.6) is 0 Å². The van der Waals surface area contributed by atoms with Gasteiger partial charge in [-0.2, -0.15) is 5.26 Å². The van der Waals surface area contributed by atoms with Crippen molar-refractivity contribution in [2.75, 3.05) is 13.7 Å². The fraction of sp³-hybridized carbons (Fsp3) is 0.538. The van der Waals surface area contributed by atoms with E-state index in [1.54, 1.807) is 6.07 Å². The highest BCUT2D eigenvalue weighted by Crippen LogP contribution is 2.06. The second-order valence-corrected chi connectivity index (χ2v) is 4.62. The number of carboxylic acid groups (broad SMARTS) is 1. The summed E-state index contributed by atoms with van der Waals surface area (Å²) in [6.07, 6.45) is 1.29. The Hall–Kier alpha value is -2.56. The molecule has 0 spiro atoms. The van der Waals surface area contributed by atoms with Gasteiger partial charge >= 0.3 is 11.9 Å². The van der Waals surface area contributed by atoms with Crippen LogP contribution in [0, 0.1) is 17.2 Å². The lowest BCUT2D eigenvalue weighted by Gasteiger charge is -2.16. The largest absolute Gasteiger partial charge is 0.480 e. The first-order valence-corrected chi connectivity index (χ1v) is 6.25. The van der Waals surface area contributed by atoms with Gasteiger partial charge in [0.25, 0.3) is 5.91 Å². The Kier molecular flexibility index (Phi) is 8.22. The first kappa shape index (κ1) is 18.4. The molecule has 0 radical (unpaired) electrons. The smallest absolute Gasteiger partial charge is 0.326 e. The number of nitriles is 1. The van der Waals surface area contributed by atoms with Crippen molar-refractivity contribution in [2.24, 2.45) is 5.92 Å². The third-order valence-electron chi connectivity index (χ3n) is 2.40. The molecule has 8 nitrogen and oxygen atoms in total. The van der Waals surface area contributed by atoms with E-state index in [4.69, 9.17) is 10.4 Å². The van der Waals surface area contributed by atoms with Gasteiger partial charge < -0.3 is 20.5 Å². The average Bonchev–Trinajstić information content (AvgIpc) is 2.41. The Bertz CT molecular complexity index is 465. The zero-order valence-electron chi connectivity index (χ0n) is 12.2. The summed E-state index contributed by atoms with van der Waals surface area (Å²) < 4.78 is 4.37. The minimum absolute atomic E-state index is 0.0679. The van der Waals surface area contributed by atoms with Crippen LogP contribution in [-0.2, 0) is 19.1 Å². The molecular weight excluding hydrogens is 278 g/mol. The number of esters is 1. The second kappa shape index (κ2) is 9.36. The molecule has 3 N–H and O–H groups in total. The van der Waals surface area contributed by atoms with Crippen molar-refractivity contribution in [3.63, 3.8) is 0 Å². The zero-order chi connectivity index (χ0) is 16.4. The molecule has 1 atom stereocenters. The summed E-state index contributed by atoms with van der Waals surface area (Å²) in [6.45, 7) is 3.44. The maximum atomic E-state index is 11.8. The monoisotopic (exact) mass is 297 g/mol. The number of rotatable bonds is 8. The van der Waals surface area contributed by atoms with Crippen LogP contribution in [0.25, 0.3) is 0 Å². The summed E-state index contributed by atoms with van der Waals surface area (Å²) in [5.74, 6) is -2.48. The number of amides is 1. The summed E-state index contributed by atoms with van der Waals surface area (Å²) in [4.78, 5) is 33.7. The van der Waals surface area contributed by atoms with E-state index in [1.165, 1.54) is 7.11 Å². The highest BCUT2D eigenvalue weighted by atomic mass is 16.5. The summed E-state index contributed by atoms with van der Waals surface area (Å²) in [5.41, 5.74) is -0.325. The Balaban J connectivity index is 4.70. The molecule has 0 aromatic heterocycles. The van der Waals surface area contributed by atoms with Crippen molar-refractivity contribution in [1.29, 1.82) is 5.26 Å². The van der Waals surface area contributed by atoms with Crippen molar-refractivity contribution < 1.29 is 24.2 Å². The fourth-order valence-corrected chi connectivity index (χ4v) is 1.39. The maximum absolute atomic E-state index is 11.8. The standard InChI is InChI=1S/C13H19N3O5/c1-8(2)4-10(13(19)20)16-12(18)9(5-14)6-15-7-11(17)21-3/h6,8,10,15H,4,7H2,1-3H3,(H,16,18)(H,19,20)/b9-6-. The minimum atomic E-state index is -1.17. The van der Waals surface area contributed by atoms with Crippen molar-refractivity contribution in [3.8, 4) is 6.07 Å². The van der Waals surface area contributed by atoms with Gasteiger partial charge in [-0.05, 0) is 12.3 Å². The summed E-state index contributed by atoms with van der Waals surface area (Å²) in [7, 11) is 1.20. The maximum Gasteiger partial charge on any atom is 0.326 e. The van der Waals surface area contributed by atoms with Crippen molar-refractivity contribution in [2.45, 2.75) is 26.3 Å². The lowest BCUT2D eigenvalue weighted by Crippen LogP contribution is -2.42. The van der Waals surface area contributed by atoms with E-state index in [-0.39, 0.29) is 24.5 Å². The van der Waals surface area contributed by atoms with E-state index in [2.05, 4.69) is 15.4 Å². The summed E-state index contributed by atoms with van der Waals surface area (Å²) in [6, 6.07) is 0.559. The Labute approximate surface area is 122 Å². The van der Waals surface area contributed by atoms with Gasteiger partial charge in [0.15, 0.2) is 0 Å². The van der Waals surface area contributed by atoms with Crippen LogP contribution >= 0.6 is 0 Å². The molecule has 0 heterocycles. The van der Waals surface area contributed by atoms with E-state index >= 15 is 0 Å². The van der Waals surface area contributed by atoms with Crippen LogP contribution < -0.4 is 10.6 Å². The number of carboxylic acids is 1. The number of methoxy groups -OCH3 is 1. The van der Waals surface area contributed by atoms with Gasteiger partial charge in [0.1, 0.15) is 24.2 Å². The lowest BCUT2D eigenvalue weighted by molar-refractivity contribution is -0.141. The number of nitrogens with zero attached hydrogens (tertiary/aromatic N) is 1. The SMILES string of the molecule is COC(=O)CN/C=C(/C#N)C(=O)NC(CC(C)C)C(=O)O. The average molecular weight is 297 g/mol. The fourth-order valence-electron chi connectivity index (χ4n) is 1.39. The second-order valence-electron chi connectivity index (χ2n) is 4.62. The van der Waals surface area contributed by atoms with Crippen LogP contribution in [-0.4, -0.2) is 42.6 Å².